The Morgan fingerprint density at radius 3 is 2.97 bits per heavy atom. The topological polar surface area (TPSA) is 91.7 Å². The van der Waals surface area contributed by atoms with Gasteiger partial charge in [-0.3, -0.25) is 9.89 Å². The minimum absolute atomic E-state index is 0.201. The third-order valence-corrected chi connectivity index (χ3v) is 5.93. The number of allylic oxidation sites excluding steroid dienone is 3. The van der Waals surface area contributed by atoms with Crippen molar-refractivity contribution < 1.29 is 0 Å². The molecule has 30 heavy (non-hydrogen) atoms. The standard InChI is InChI=1S/C24H30N6/c1-16-3-4-21-20(16)5-6-22(24(21)26)23-15-30(10-9-28-23)14-18(12-25)13-29-19-7-8-27-17(2)11-19/h5-8,11-13,23,27-28H,1-4,9-10,14-15,25-26H2/t23-/m0/s1. The molecule has 1 fully saturated rings. The number of anilines is 1. The Morgan fingerprint density at radius 2 is 2.17 bits per heavy atom. The molecule has 0 unspecified atom stereocenters. The van der Waals surface area contributed by atoms with Crippen molar-refractivity contribution in [3.8, 4) is 0 Å². The van der Waals surface area contributed by atoms with E-state index in [9.17, 15) is 0 Å². The predicted molar refractivity (Wildman–Crippen MR) is 126 cm³/mol. The highest BCUT2D eigenvalue weighted by Crippen LogP contribution is 2.38. The summed E-state index contributed by atoms with van der Waals surface area (Å²) in [5, 5.41) is 6.65. The fourth-order valence-electron chi connectivity index (χ4n) is 4.30. The lowest BCUT2D eigenvalue weighted by Crippen LogP contribution is -2.46. The number of nitrogen functional groups attached to an aromatic ring is 1. The fourth-order valence-corrected chi connectivity index (χ4v) is 4.30. The predicted octanol–water partition coefficient (Wildman–Crippen LogP) is 2.60. The average Bonchev–Trinajstić information content (AvgIpc) is 3.13. The highest BCUT2D eigenvalue weighted by atomic mass is 15.2. The molecule has 1 aromatic rings. The Morgan fingerprint density at radius 1 is 1.30 bits per heavy atom. The second-order valence-electron chi connectivity index (χ2n) is 8.01. The number of fused-ring (bicyclic) bond motifs is 1. The van der Waals surface area contributed by atoms with E-state index in [1.54, 1.807) is 6.20 Å². The molecule has 1 aromatic carbocycles. The molecule has 2 aliphatic heterocycles. The molecule has 6 nitrogen and oxygen atoms in total. The molecule has 0 radical (unpaired) electrons. The smallest absolute Gasteiger partial charge is 0.0664 e. The van der Waals surface area contributed by atoms with Gasteiger partial charge in [0.1, 0.15) is 0 Å². The van der Waals surface area contributed by atoms with Gasteiger partial charge in [-0.15, -0.1) is 0 Å². The van der Waals surface area contributed by atoms with Crippen LogP contribution in [0.2, 0.25) is 0 Å². The number of nitrogens with two attached hydrogens (primary N) is 2. The van der Waals surface area contributed by atoms with E-state index in [1.807, 2.05) is 24.6 Å². The summed E-state index contributed by atoms with van der Waals surface area (Å²) in [5.41, 5.74) is 20.9. The van der Waals surface area contributed by atoms with Crippen LogP contribution in [0.3, 0.4) is 0 Å². The first-order valence-electron chi connectivity index (χ1n) is 10.4. The van der Waals surface area contributed by atoms with Gasteiger partial charge in [-0.1, -0.05) is 25.3 Å². The molecule has 1 aliphatic carbocycles. The van der Waals surface area contributed by atoms with Gasteiger partial charge < -0.3 is 22.1 Å². The minimum Gasteiger partial charge on any atom is -0.404 e. The first-order chi connectivity index (χ1) is 14.5. The van der Waals surface area contributed by atoms with Crippen LogP contribution in [0, 0.1) is 0 Å². The number of aliphatic imine (C=N–C) groups is 1. The number of dihydropyridines is 1. The average molecular weight is 403 g/mol. The Balaban J connectivity index is 1.43. The minimum atomic E-state index is 0.201. The van der Waals surface area contributed by atoms with Crippen LogP contribution in [0.4, 0.5) is 5.69 Å². The van der Waals surface area contributed by atoms with Gasteiger partial charge in [-0.05, 0) is 59.0 Å². The quantitative estimate of drug-likeness (QED) is 0.449. The van der Waals surface area contributed by atoms with Gasteiger partial charge >= 0.3 is 0 Å². The van der Waals surface area contributed by atoms with Crippen LogP contribution >= 0.6 is 0 Å². The molecule has 4 rings (SSSR count). The van der Waals surface area contributed by atoms with E-state index in [4.69, 9.17) is 11.5 Å². The maximum absolute atomic E-state index is 6.57. The number of hydrogen-bond donors (Lipinski definition) is 4. The van der Waals surface area contributed by atoms with Crippen LogP contribution in [-0.4, -0.2) is 37.3 Å². The van der Waals surface area contributed by atoms with Gasteiger partial charge in [-0.2, -0.15) is 0 Å². The van der Waals surface area contributed by atoms with Crippen molar-refractivity contribution >= 4 is 17.5 Å². The highest BCUT2D eigenvalue weighted by molar-refractivity contribution is 5.80. The van der Waals surface area contributed by atoms with E-state index < -0.39 is 0 Å². The monoisotopic (exact) mass is 402 g/mol. The van der Waals surface area contributed by atoms with Crippen LogP contribution < -0.4 is 22.1 Å². The summed E-state index contributed by atoms with van der Waals surface area (Å²) in [6, 6.07) is 4.55. The first kappa shape index (κ1) is 20.2. The lowest BCUT2D eigenvalue weighted by atomic mass is 9.96. The SMILES string of the molecule is C=C1C=C(N=CC(=CN)CN2CCN[C@H](c3ccc4c(c3N)CCC4=C)C2)C=CN1. The first-order valence-corrected chi connectivity index (χ1v) is 10.4. The second kappa shape index (κ2) is 8.73. The van der Waals surface area contributed by atoms with Crippen LogP contribution in [0.25, 0.3) is 5.57 Å². The molecular formula is C24H30N6. The molecule has 6 heteroatoms. The molecule has 0 amide bonds. The molecule has 156 valence electrons. The van der Waals surface area contributed by atoms with Crippen molar-refractivity contribution in [2.45, 2.75) is 18.9 Å². The Bertz CT molecular complexity index is 982. The fraction of sp³-hybridized carbons (Fsp3) is 0.292. The van der Waals surface area contributed by atoms with Gasteiger partial charge in [0.2, 0.25) is 0 Å². The maximum Gasteiger partial charge on any atom is 0.0664 e. The molecule has 0 aromatic heterocycles. The number of nitrogens with one attached hydrogen (secondary N) is 2. The summed E-state index contributed by atoms with van der Waals surface area (Å²) < 4.78 is 0. The summed E-state index contributed by atoms with van der Waals surface area (Å²) in [6.07, 6.45) is 11.1. The van der Waals surface area contributed by atoms with Gasteiger partial charge in [-0.25, -0.2) is 0 Å². The van der Waals surface area contributed by atoms with Crippen molar-refractivity contribution in [2.75, 3.05) is 31.9 Å². The molecule has 0 bridgehead atoms. The normalized spacial score (nSPS) is 22.3. The van der Waals surface area contributed by atoms with E-state index in [-0.39, 0.29) is 6.04 Å². The Labute approximate surface area is 178 Å². The zero-order chi connectivity index (χ0) is 21.1. The Kier molecular flexibility index (Phi) is 5.88. The number of piperazine rings is 1. The van der Waals surface area contributed by atoms with Crippen LogP contribution in [0.1, 0.15) is 29.2 Å². The number of nitrogens with zero attached hydrogens (tertiary/aromatic N) is 2. The Hall–Kier alpha value is -3.09. The lowest BCUT2D eigenvalue weighted by Gasteiger charge is -2.35. The number of rotatable bonds is 5. The van der Waals surface area contributed by atoms with Gasteiger partial charge in [0.25, 0.3) is 0 Å². The van der Waals surface area contributed by atoms with Crippen LogP contribution in [-0.2, 0) is 6.42 Å². The van der Waals surface area contributed by atoms with E-state index in [1.165, 1.54) is 22.3 Å². The molecule has 2 heterocycles. The molecule has 0 saturated carbocycles. The van der Waals surface area contributed by atoms with Gasteiger partial charge in [0.15, 0.2) is 0 Å². The van der Waals surface area contributed by atoms with Crippen LogP contribution in [0.15, 0.2) is 71.8 Å². The molecule has 1 atom stereocenters. The largest absolute Gasteiger partial charge is 0.404 e. The van der Waals surface area contributed by atoms with Crippen molar-refractivity contribution in [3.05, 3.63) is 83.5 Å². The van der Waals surface area contributed by atoms with E-state index >= 15 is 0 Å². The summed E-state index contributed by atoms with van der Waals surface area (Å²) in [5.74, 6) is 0. The third kappa shape index (κ3) is 4.25. The summed E-state index contributed by atoms with van der Waals surface area (Å²) in [7, 11) is 0. The second-order valence-corrected chi connectivity index (χ2v) is 8.01. The molecular weight excluding hydrogens is 372 g/mol. The number of hydrogen-bond acceptors (Lipinski definition) is 6. The van der Waals surface area contributed by atoms with E-state index in [2.05, 4.69) is 45.8 Å². The maximum atomic E-state index is 6.57. The van der Waals surface area contributed by atoms with Gasteiger partial charge in [0, 0.05) is 56.0 Å². The highest BCUT2D eigenvalue weighted by Gasteiger charge is 2.26. The van der Waals surface area contributed by atoms with Crippen molar-refractivity contribution in [3.63, 3.8) is 0 Å². The van der Waals surface area contributed by atoms with Crippen molar-refractivity contribution in [1.29, 1.82) is 0 Å². The molecule has 3 aliphatic rings. The summed E-state index contributed by atoms with van der Waals surface area (Å²) >= 11 is 0. The van der Waals surface area contributed by atoms with E-state index in [0.717, 1.165) is 61.7 Å². The van der Waals surface area contributed by atoms with E-state index in [0.29, 0.717) is 0 Å². The van der Waals surface area contributed by atoms with Gasteiger partial charge in [0.05, 0.1) is 5.70 Å². The van der Waals surface area contributed by atoms with Crippen molar-refractivity contribution in [1.82, 2.24) is 15.5 Å². The molecule has 6 N–H and O–H groups in total. The lowest BCUT2D eigenvalue weighted by molar-refractivity contribution is 0.218. The zero-order valence-corrected chi connectivity index (χ0v) is 17.3. The molecule has 1 saturated heterocycles. The third-order valence-electron chi connectivity index (χ3n) is 5.93. The van der Waals surface area contributed by atoms with Crippen LogP contribution in [0.5, 0.6) is 0 Å². The summed E-state index contributed by atoms with van der Waals surface area (Å²) in [6.45, 7) is 11.5. The summed E-state index contributed by atoms with van der Waals surface area (Å²) in [4.78, 5) is 6.93. The molecule has 0 spiro atoms. The van der Waals surface area contributed by atoms with Crippen molar-refractivity contribution in [2.24, 2.45) is 10.7 Å². The zero-order valence-electron chi connectivity index (χ0n) is 17.3. The number of benzene rings is 1.